The van der Waals surface area contributed by atoms with Crippen LogP contribution in [-0.4, -0.2) is 44.2 Å². The number of aromatic nitrogens is 1. The molecular formula is C20H22N4O7. The second-order valence-corrected chi connectivity index (χ2v) is 8.38. The molecule has 0 aliphatic carbocycles. The van der Waals surface area contributed by atoms with Gasteiger partial charge in [-0.05, 0) is 52.3 Å². The van der Waals surface area contributed by atoms with Gasteiger partial charge in [-0.1, -0.05) is 10.2 Å². The molecule has 164 valence electrons. The Kier molecular flexibility index (Phi) is 5.30. The lowest BCUT2D eigenvalue weighted by Gasteiger charge is -2.33. The number of rotatable bonds is 2. The van der Waals surface area contributed by atoms with Crippen LogP contribution in [0.3, 0.4) is 0 Å². The van der Waals surface area contributed by atoms with Crippen LogP contribution in [0.5, 0.6) is 11.8 Å². The van der Waals surface area contributed by atoms with Crippen molar-refractivity contribution in [1.82, 2.24) is 9.88 Å². The van der Waals surface area contributed by atoms with Crippen molar-refractivity contribution in [3.63, 3.8) is 0 Å². The molecule has 1 aromatic carbocycles. The quantitative estimate of drug-likeness (QED) is 0.488. The third kappa shape index (κ3) is 4.11. The molecule has 0 spiro atoms. The summed E-state index contributed by atoms with van der Waals surface area (Å²) in [5.74, 6) is -2.84. The van der Waals surface area contributed by atoms with Gasteiger partial charge in [0, 0.05) is 22.8 Å². The van der Waals surface area contributed by atoms with Crippen molar-refractivity contribution in [1.29, 1.82) is 0 Å². The molecule has 3 N–H and O–H groups in total. The summed E-state index contributed by atoms with van der Waals surface area (Å²) in [6.45, 7) is 6.39. The molecule has 11 nitrogen and oxygen atoms in total. The highest BCUT2D eigenvalue weighted by Gasteiger charge is 2.43. The number of piperidine rings is 1. The summed E-state index contributed by atoms with van der Waals surface area (Å²) in [6, 6.07) is 3.95. The molecule has 0 radical (unpaired) electrons. The van der Waals surface area contributed by atoms with Gasteiger partial charge in [-0.15, -0.1) is 0 Å². The third-order valence-corrected chi connectivity index (χ3v) is 4.86. The summed E-state index contributed by atoms with van der Waals surface area (Å²) in [5.41, 5.74) is -2.22. The van der Waals surface area contributed by atoms with Crippen LogP contribution >= 0.6 is 0 Å². The number of carbonyl (C=O) groups is 4. The summed E-state index contributed by atoms with van der Waals surface area (Å²) in [6.07, 6.45) is -0.931. The van der Waals surface area contributed by atoms with Crippen molar-refractivity contribution in [2.24, 2.45) is 10.2 Å². The van der Waals surface area contributed by atoms with E-state index < -0.39 is 46.7 Å². The fraction of sp³-hybridized carbons (Fsp3) is 0.400. The lowest BCUT2D eigenvalue weighted by Crippen LogP contribution is -2.52. The minimum atomic E-state index is -1.41. The third-order valence-electron chi connectivity index (χ3n) is 4.86. The van der Waals surface area contributed by atoms with Crippen molar-refractivity contribution in [2.45, 2.75) is 51.7 Å². The highest BCUT2D eigenvalue weighted by atomic mass is 16.6. The lowest BCUT2D eigenvalue weighted by atomic mass is 9.90. The predicted molar refractivity (Wildman–Crippen MR) is 107 cm³/mol. The standard InChI is InChI=1S/C20H22N4O7/c1-19(2,3)31-18(30)23-22-14(26)10-5-6-11-12(9-10)16(28)24(15(11)27)20(4)8-7-13(25)21-17(20)29/h5-6,9,27-28H,7-8H2,1-4H3,(H,21,25,29)/t20-/m1/s1. The van der Waals surface area contributed by atoms with Gasteiger partial charge in [-0.2, -0.15) is 0 Å². The first-order valence-corrected chi connectivity index (χ1v) is 9.44. The predicted octanol–water partition coefficient (Wildman–Crippen LogP) is 2.73. The van der Waals surface area contributed by atoms with Crippen molar-refractivity contribution in [3.8, 4) is 11.8 Å². The molecule has 0 saturated carbocycles. The molecule has 2 aromatic rings. The first-order valence-electron chi connectivity index (χ1n) is 9.44. The Bertz CT molecular complexity index is 1140. The largest absolute Gasteiger partial charge is 0.494 e. The molecular weight excluding hydrogens is 408 g/mol. The van der Waals surface area contributed by atoms with Crippen LogP contribution in [-0.2, 0) is 19.9 Å². The summed E-state index contributed by atoms with van der Waals surface area (Å²) >= 11 is 0. The van der Waals surface area contributed by atoms with Crippen molar-refractivity contribution in [2.75, 3.05) is 0 Å². The van der Waals surface area contributed by atoms with Crippen molar-refractivity contribution >= 4 is 34.6 Å². The number of amides is 4. The normalized spacial score (nSPS) is 19.6. The molecule has 4 amide bonds. The fourth-order valence-corrected chi connectivity index (χ4v) is 3.30. The van der Waals surface area contributed by atoms with E-state index in [1.807, 2.05) is 0 Å². The van der Waals surface area contributed by atoms with Gasteiger partial charge in [-0.25, -0.2) is 4.79 Å². The van der Waals surface area contributed by atoms with Gasteiger partial charge in [0.2, 0.25) is 17.7 Å². The number of imide groups is 1. The van der Waals surface area contributed by atoms with E-state index in [9.17, 15) is 29.4 Å². The molecule has 3 rings (SSSR count). The lowest BCUT2D eigenvalue weighted by molar-refractivity contribution is -0.140. The van der Waals surface area contributed by atoms with Crippen LogP contribution in [0.1, 0.15) is 50.9 Å². The van der Waals surface area contributed by atoms with Crippen molar-refractivity contribution < 1.29 is 34.1 Å². The van der Waals surface area contributed by atoms with Gasteiger partial charge in [0.05, 0.1) is 0 Å². The number of carbonyl (C=O) groups excluding carboxylic acids is 4. The zero-order chi connectivity index (χ0) is 23.1. The average molecular weight is 430 g/mol. The number of aromatic hydroxyl groups is 2. The van der Waals surface area contributed by atoms with Gasteiger partial charge >= 0.3 is 6.09 Å². The zero-order valence-corrected chi connectivity index (χ0v) is 17.4. The summed E-state index contributed by atoms with van der Waals surface area (Å²) in [4.78, 5) is 47.8. The fourth-order valence-electron chi connectivity index (χ4n) is 3.30. The van der Waals surface area contributed by atoms with Gasteiger partial charge in [0.1, 0.15) is 11.1 Å². The van der Waals surface area contributed by atoms with E-state index >= 15 is 0 Å². The summed E-state index contributed by atoms with van der Waals surface area (Å²) in [7, 11) is 0. The van der Waals surface area contributed by atoms with Crippen LogP contribution in [0.4, 0.5) is 4.79 Å². The molecule has 2 heterocycles. The number of azo groups is 1. The topological polar surface area (TPSA) is 160 Å². The Morgan fingerprint density at radius 1 is 1.13 bits per heavy atom. The molecule has 11 heteroatoms. The Labute approximate surface area is 176 Å². The van der Waals surface area contributed by atoms with E-state index in [0.29, 0.717) is 0 Å². The van der Waals surface area contributed by atoms with E-state index in [1.54, 1.807) is 20.8 Å². The monoisotopic (exact) mass is 430 g/mol. The molecule has 1 fully saturated rings. The van der Waals surface area contributed by atoms with E-state index in [2.05, 4.69) is 15.5 Å². The Balaban J connectivity index is 1.96. The Morgan fingerprint density at radius 2 is 1.77 bits per heavy atom. The van der Waals surface area contributed by atoms with Gasteiger partial charge < -0.3 is 14.9 Å². The Morgan fingerprint density at radius 3 is 2.39 bits per heavy atom. The summed E-state index contributed by atoms with van der Waals surface area (Å²) in [5, 5.41) is 30.4. The second-order valence-electron chi connectivity index (χ2n) is 8.38. The Hall–Kier alpha value is -3.76. The highest BCUT2D eigenvalue weighted by Crippen LogP contribution is 2.43. The molecule has 1 atom stereocenters. The van der Waals surface area contributed by atoms with Crippen LogP contribution in [0.25, 0.3) is 10.8 Å². The number of hydrogen-bond acceptors (Lipinski definition) is 7. The van der Waals surface area contributed by atoms with Gasteiger partial charge in [-0.3, -0.25) is 24.3 Å². The second kappa shape index (κ2) is 7.49. The molecule has 31 heavy (non-hydrogen) atoms. The van der Waals surface area contributed by atoms with Crippen molar-refractivity contribution in [3.05, 3.63) is 23.8 Å². The van der Waals surface area contributed by atoms with Crippen LogP contribution in [0, 0.1) is 0 Å². The minimum absolute atomic E-state index is 0.0133. The van der Waals surface area contributed by atoms with Crippen LogP contribution in [0.2, 0.25) is 0 Å². The number of benzene rings is 1. The molecule has 1 saturated heterocycles. The SMILES string of the molecule is CC(C)(C)OC(=O)N=NC(=O)c1ccc2c(O)n([C@]3(C)CCC(=O)NC3=O)c(O)c2c1. The first kappa shape index (κ1) is 21.9. The van der Waals surface area contributed by atoms with Crippen LogP contribution < -0.4 is 5.32 Å². The number of fused-ring (bicyclic) bond motifs is 1. The molecule has 0 unspecified atom stereocenters. The highest BCUT2D eigenvalue weighted by molar-refractivity contribution is 6.05. The molecule has 1 aliphatic heterocycles. The average Bonchev–Trinajstić information content (AvgIpc) is 2.92. The maximum Gasteiger partial charge on any atom is 0.453 e. The van der Waals surface area contributed by atoms with E-state index in [4.69, 9.17) is 4.74 Å². The maximum absolute atomic E-state index is 12.4. The maximum atomic E-state index is 12.4. The number of hydrogen-bond donors (Lipinski definition) is 3. The molecule has 0 bridgehead atoms. The number of nitrogens with zero attached hydrogens (tertiary/aromatic N) is 3. The number of ether oxygens (including phenoxy) is 1. The van der Waals surface area contributed by atoms with Gasteiger partial charge in [0.15, 0.2) is 0 Å². The zero-order valence-electron chi connectivity index (χ0n) is 17.4. The summed E-state index contributed by atoms with van der Waals surface area (Å²) < 4.78 is 5.96. The van der Waals surface area contributed by atoms with E-state index in [-0.39, 0.29) is 29.2 Å². The van der Waals surface area contributed by atoms with E-state index in [0.717, 1.165) is 4.57 Å². The van der Waals surface area contributed by atoms with Crippen LogP contribution in [0.15, 0.2) is 28.4 Å². The number of nitrogens with one attached hydrogen (secondary N) is 1. The molecule has 1 aromatic heterocycles. The minimum Gasteiger partial charge on any atom is -0.494 e. The van der Waals surface area contributed by atoms with Gasteiger partial charge in [0.25, 0.3) is 11.8 Å². The first-order chi connectivity index (χ1) is 14.3. The molecule has 1 aliphatic rings. The smallest absolute Gasteiger partial charge is 0.453 e. The van der Waals surface area contributed by atoms with E-state index in [1.165, 1.54) is 25.1 Å².